The number of carbonyl (C=O) groups is 2. The van der Waals surface area contributed by atoms with Gasteiger partial charge >= 0.3 is 5.97 Å². The Morgan fingerprint density at radius 3 is 2.75 bits per heavy atom. The number of aliphatic carboxylic acids is 1. The standard InChI is InChI=1S/C16H20N2O5S/c1-16(15(20)21)7-8-18(10-16)24(22,23)12-5-6-13-11(9-12)3-2-4-14(19)17-13/h5-6,9H,2-4,7-8,10H2,1H3,(H,17,19)(H,20,21). The highest BCUT2D eigenvalue weighted by Crippen LogP contribution is 2.34. The molecule has 1 saturated heterocycles. The average Bonchev–Trinajstić information content (AvgIpc) is 2.84. The molecule has 0 aromatic heterocycles. The fourth-order valence-electron chi connectivity index (χ4n) is 3.16. The number of amides is 1. The van der Waals surface area contributed by atoms with E-state index in [1.54, 1.807) is 19.1 Å². The molecule has 2 N–H and O–H groups in total. The Hall–Kier alpha value is -1.93. The van der Waals surface area contributed by atoms with Crippen molar-refractivity contribution in [2.45, 2.75) is 37.5 Å². The third-order valence-corrected chi connectivity index (χ3v) is 6.63. The van der Waals surface area contributed by atoms with E-state index >= 15 is 0 Å². The average molecular weight is 352 g/mol. The van der Waals surface area contributed by atoms with Crippen molar-refractivity contribution in [3.63, 3.8) is 0 Å². The van der Waals surface area contributed by atoms with E-state index in [9.17, 15) is 23.1 Å². The minimum absolute atomic E-state index is 0.0293. The van der Waals surface area contributed by atoms with E-state index in [2.05, 4.69) is 5.32 Å². The molecular formula is C16H20N2O5S. The number of rotatable bonds is 3. The number of sulfonamides is 1. The summed E-state index contributed by atoms with van der Waals surface area (Å²) >= 11 is 0. The molecule has 1 amide bonds. The van der Waals surface area contributed by atoms with Crippen LogP contribution >= 0.6 is 0 Å². The van der Waals surface area contributed by atoms with Gasteiger partial charge in [0.1, 0.15) is 0 Å². The molecule has 8 heteroatoms. The predicted octanol–water partition coefficient (Wildman–Crippen LogP) is 1.45. The summed E-state index contributed by atoms with van der Waals surface area (Å²) in [6, 6.07) is 4.67. The van der Waals surface area contributed by atoms with Gasteiger partial charge in [0.05, 0.1) is 10.3 Å². The van der Waals surface area contributed by atoms with Crippen molar-refractivity contribution < 1.29 is 23.1 Å². The molecule has 0 spiro atoms. The SMILES string of the molecule is CC1(C(=O)O)CCN(S(=O)(=O)c2ccc3c(c2)CCCC(=O)N3)C1. The van der Waals surface area contributed by atoms with Crippen LogP contribution in [0.2, 0.25) is 0 Å². The van der Waals surface area contributed by atoms with E-state index in [-0.39, 0.29) is 23.9 Å². The molecule has 2 aliphatic heterocycles. The van der Waals surface area contributed by atoms with Gasteiger partial charge in [-0.15, -0.1) is 0 Å². The molecule has 0 bridgehead atoms. The zero-order valence-corrected chi connectivity index (χ0v) is 14.2. The summed E-state index contributed by atoms with van der Waals surface area (Å²) in [5.74, 6) is -1.05. The van der Waals surface area contributed by atoms with Gasteiger partial charge in [0.2, 0.25) is 15.9 Å². The van der Waals surface area contributed by atoms with Crippen LogP contribution in [-0.2, 0) is 26.0 Å². The van der Waals surface area contributed by atoms with Crippen LogP contribution < -0.4 is 5.32 Å². The van der Waals surface area contributed by atoms with Crippen LogP contribution in [0.4, 0.5) is 5.69 Å². The summed E-state index contributed by atoms with van der Waals surface area (Å²) in [6.45, 7) is 1.73. The van der Waals surface area contributed by atoms with Crippen molar-refractivity contribution in [3.8, 4) is 0 Å². The molecule has 0 radical (unpaired) electrons. The van der Waals surface area contributed by atoms with Crippen molar-refractivity contribution in [3.05, 3.63) is 23.8 Å². The van der Waals surface area contributed by atoms with E-state index in [0.717, 1.165) is 5.56 Å². The number of aryl methyl sites for hydroxylation is 1. The molecule has 130 valence electrons. The molecule has 1 fully saturated rings. The summed E-state index contributed by atoms with van der Waals surface area (Å²) in [5.41, 5.74) is 0.391. The van der Waals surface area contributed by atoms with Gasteiger partial charge in [0.25, 0.3) is 0 Å². The monoisotopic (exact) mass is 352 g/mol. The Morgan fingerprint density at radius 2 is 2.08 bits per heavy atom. The number of nitrogens with zero attached hydrogens (tertiary/aromatic N) is 1. The highest BCUT2D eigenvalue weighted by Gasteiger charge is 2.45. The van der Waals surface area contributed by atoms with Gasteiger partial charge in [-0.2, -0.15) is 4.31 Å². The quantitative estimate of drug-likeness (QED) is 0.857. The fourth-order valence-corrected chi connectivity index (χ4v) is 4.77. The van der Waals surface area contributed by atoms with Gasteiger partial charge in [0, 0.05) is 25.2 Å². The summed E-state index contributed by atoms with van der Waals surface area (Å²) in [7, 11) is -3.74. The van der Waals surface area contributed by atoms with E-state index in [4.69, 9.17) is 0 Å². The van der Waals surface area contributed by atoms with Crippen LogP contribution in [0.5, 0.6) is 0 Å². The van der Waals surface area contributed by atoms with Crippen molar-refractivity contribution in [1.29, 1.82) is 0 Å². The van der Waals surface area contributed by atoms with Gasteiger partial charge in [-0.05, 0) is 49.9 Å². The first-order valence-corrected chi connectivity index (χ1v) is 9.33. The van der Waals surface area contributed by atoms with Gasteiger partial charge in [-0.1, -0.05) is 0 Å². The van der Waals surface area contributed by atoms with Crippen LogP contribution in [0.3, 0.4) is 0 Å². The minimum atomic E-state index is -3.74. The van der Waals surface area contributed by atoms with Crippen molar-refractivity contribution in [1.82, 2.24) is 4.31 Å². The molecule has 24 heavy (non-hydrogen) atoms. The number of carbonyl (C=O) groups excluding carboxylic acids is 1. The third kappa shape index (κ3) is 2.91. The molecule has 1 unspecified atom stereocenters. The molecule has 2 heterocycles. The van der Waals surface area contributed by atoms with Crippen LogP contribution in [0.25, 0.3) is 0 Å². The molecule has 1 aromatic carbocycles. The Bertz CT molecular complexity index is 805. The summed E-state index contributed by atoms with van der Waals surface area (Å²) in [4.78, 5) is 23.1. The van der Waals surface area contributed by atoms with E-state index in [0.29, 0.717) is 31.4 Å². The van der Waals surface area contributed by atoms with Gasteiger partial charge in [-0.25, -0.2) is 8.42 Å². The first-order chi connectivity index (χ1) is 11.2. The maximum atomic E-state index is 12.8. The lowest BCUT2D eigenvalue weighted by molar-refractivity contribution is -0.146. The van der Waals surface area contributed by atoms with Crippen LogP contribution in [0.15, 0.2) is 23.1 Å². The number of fused-ring (bicyclic) bond motifs is 1. The summed E-state index contributed by atoms with van der Waals surface area (Å²) in [5, 5.41) is 12.1. The Morgan fingerprint density at radius 1 is 1.33 bits per heavy atom. The molecule has 0 saturated carbocycles. The van der Waals surface area contributed by atoms with Crippen molar-refractivity contribution in [2.24, 2.45) is 5.41 Å². The lowest BCUT2D eigenvalue weighted by Gasteiger charge is -2.20. The normalized spacial score (nSPS) is 25.0. The molecular weight excluding hydrogens is 332 g/mol. The van der Waals surface area contributed by atoms with E-state index in [1.165, 1.54) is 10.4 Å². The zero-order chi connectivity index (χ0) is 17.5. The van der Waals surface area contributed by atoms with Crippen LogP contribution in [0, 0.1) is 5.41 Å². The number of hydrogen-bond acceptors (Lipinski definition) is 4. The van der Waals surface area contributed by atoms with Gasteiger partial charge < -0.3 is 10.4 Å². The smallest absolute Gasteiger partial charge is 0.310 e. The number of benzene rings is 1. The lowest BCUT2D eigenvalue weighted by Crippen LogP contribution is -2.34. The fraction of sp³-hybridized carbons (Fsp3) is 0.500. The van der Waals surface area contributed by atoms with E-state index in [1.807, 2.05) is 0 Å². The summed E-state index contributed by atoms with van der Waals surface area (Å²) < 4.78 is 26.9. The molecule has 3 rings (SSSR count). The molecule has 0 aliphatic carbocycles. The Kier molecular flexibility index (Phi) is 4.13. The number of anilines is 1. The Labute approximate surface area is 140 Å². The molecule has 1 aromatic rings. The van der Waals surface area contributed by atoms with Crippen molar-refractivity contribution in [2.75, 3.05) is 18.4 Å². The minimum Gasteiger partial charge on any atom is -0.481 e. The number of carboxylic acids is 1. The second-order valence-electron chi connectivity index (χ2n) is 6.68. The molecule has 7 nitrogen and oxygen atoms in total. The second kappa shape index (κ2) is 5.86. The number of nitrogens with one attached hydrogen (secondary N) is 1. The van der Waals surface area contributed by atoms with Crippen LogP contribution in [-0.4, -0.2) is 42.8 Å². The molecule has 1 atom stereocenters. The predicted molar refractivity (Wildman–Crippen MR) is 87.1 cm³/mol. The first-order valence-electron chi connectivity index (χ1n) is 7.89. The molecule has 2 aliphatic rings. The number of carboxylic acid groups (broad SMARTS) is 1. The van der Waals surface area contributed by atoms with Gasteiger partial charge in [-0.3, -0.25) is 9.59 Å². The lowest BCUT2D eigenvalue weighted by atomic mass is 9.90. The van der Waals surface area contributed by atoms with E-state index < -0.39 is 21.4 Å². The maximum Gasteiger partial charge on any atom is 0.310 e. The van der Waals surface area contributed by atoms with Crippen molar-refractivity contribution >= 4 is 27.6 Å². The first kappa shape index (κ1) is 16.9. The zero-order valence-electron chi connectivity index (χ0n) is 13.4. The summed E-state index contributed by atoms with van der Waals surface area (Å²) in [6.07, 6.45) is 2.01. The van der Waals surface area contributed by atoms with Gasteiger partial charge in [0.15, 0.2) is 0 Å². The second-order valence-corrected chi connectivity index (χ2v) is 8.61. The maximum absolute atomic E-state index is 12.8. The third-order valence-electron chi connectivity index (χ3n) is 4.79. The highest BCUT2D eigenvalue weighted by atomic mass is 32.2. The number of hydrogen-bond donors (Lipinski definition) is 2. The largest absolute Gasteiger partial charge is 0.481 e. The topological polar surface area (TPSA) is 104 Å². The van der Waals surface area contributed by atoms with Crippen LogP contribution in [0.1, 0.15) is 31.7 Å². The highest BCUT2D eigenvalue weighted by molar-refractivity contribution is 7.89. The Balaban J connectivity index is 1.90.